The second-order valence-corrected chi connectivity index (χ2v) is 9.83. The lowest BCUT2D eigenvalue weighted by molar-refractivity contribution is -0.142. The number of amides is 2. The van der Waals surface area contributed by atoms with Gasteiger partial charge in [-0.3, -0.25) is 14.0 Å². The number of imidazole rings is 1. The van der Waals surface area contributed by atoms with Crippen LogP contribution in [0.15, 0.2) is 12.3 Å². The molecule has 1 atom stereocenters. The Kier molecular flexibility index (Phi) is 5.21. The summed E-state index contributed by atoms with van der Waals surface area (Å²) in [5.74, 6) is 0.244. The van der Waals surface area contributed by atoms with Crippen molar-refractivity contribution in [3.05, 3.63) is 34.2 Å². The summed E-state index contributed by atoms with van der Waals surface area (Å²) in [5.41, 5.74) is 3.14. The van der Waals surface area contributed by atoms with Gasteiger partial charge in [-0.15, -0.1) is 0 Å². The molecule has 0 bridgehead atoms. The van der Waals surface area contributed by atoms with Gasteiger partial charge in [0.25, 0.3) is 5.91 Å². The summed E-state index contributed by atoms with van der Waals surface area (Å²) in [7, 11) is 0. The van der Waals surface area contributed by atoms with Gasteiger partial charge in [-0.05, 0) is 69.4 Å². The Balaban J connectivity index is 1.37. The van der Waals surface area contributed by atoms with Gasteiger partial charge in [0.2, 0.25) is 5.91 Å². The van der Waals surface area contributed by atoms with E-state index in [1.54, 1.807) is 4.90 Å². The van der Waals surface area contributed by atoms with Crippen molar-refractivity contribution in [2.75, 3.05) is 13.1 Å². The van der Waals surface area contributed by atoms with Crippen molar-refractivity contribution in [2.24, 2.45) is 0 Å². The normalized spacial score (nSPS) is 27.2. The Morgan fingerprint density at radius 2 is 1.90 bits per heavy atom. The molecule has 2 saturated carbocycles. The van der Waals surface area contributed by atoms with Crippen LogP contribution in [0.3, 0.4) is 0 Å². The molecule has 166 valence electrons. The monoisotopic (exact) mass is 444 g/mol. The average molecular weight is 445 g/mol. The molecule has 31 heavy (non-hydrogen) atoms. The molecule has 1 N–H and O–H groups in total. The topological polar surface area (TPSA) is 78.2 Å². The van der Waals surface area contributed by atoms with E-state index >= 15 is 0 Å². The minimum Gasteiger partial charge on any atom is -0.393 e. The number of carbonyl (C=O) groups is 2. The molecule has 0 radical (unpaired) electrons. The van der Waals surface area contributed by atoms with Gasteiger partial charge in [-0.25, -0.2) is 4.98 Å². The van der Waals surface area contributed by atoms with Gasteiger partial charge in [0.1, 0.15) is 17.3 Å². The van der Waals surface area contributed by atoms with Crippen molar-refractivity contribution in [2.45, 2.75) is 76.5 Å². The van der Waals surface area contributed by atoms with E-state index in [0.29, 0.717) is 23.3 Å². The third kappa shape index (κ3) is 3.72. The summed E-state index contributed by atoms with van der Waals surface area (Å²) in [6.45, 7) is 4.48. The molecule has 1 aliphatic heterocycles. The van der Waals surface area contributed by atoms with E-state index in [1.165, 1.54) is 18.4 Å². The number of hydrogen-bond acceptors (Lipinski definition) is 4. The fourth-order valence-electron chi connectivity index (χ4n) is 5.25. The number of fused-ring (bicyclic) bond motifs is 1. The third-order valence-electron chi connectivity index (χ3n) is 7.04. The molecule has 7 nitrogen and oxygen atoms in total. The number of carbonyl (C=O) groups excluding carboxylic acids is 2. The van der Waals surface area contributed by atoms with Crippen LogP contribution < -0.4 is 0 Å². The number of aryl methyl sites for hydroxylation is 1. The van der Waals surface area contributed by atoms with E-state index in [-0.39, 0.29) is 42.2 Å². The molecule has 8 heteroatoms. The van der Waals surface area contributed by atoms with Crippen LogP contribution in [0.4, 0.5) is 0 Å². The smallest absolute Gasteiger partial charge is 0.276 e. The zero-order valence-corrected chi connectivity index (χ0v) is 18.8. The molecular weight excluding hydrogens is 416 g/mol. The molecule has 0 aromatic carbocycles. The number of halogens is 1. The molecule has 0 spiro atoms. The van der Waals surface area contributed by atoms with Crippen molar-refractivity contribution < 1.29 is 14.7 Å². The van der Waals surface area contributed by atoms with Crippen LogP contribution in [0.1, 0.15) is 73.0 Å². The first-order chi connectivity index (χ1) is 14.8. The molecule has 5 rings (SSSR count). The van der Waals surface area contributed by atoms with E-state index < -0.39 is 0 Å². The van der Waals surface area contributed by atoms with Gasteiger partial charge < -0.3 is 14.9 Å². The van der Waals surface area contributed by atoms with Crippen molar-refractivity contribution in [3.63, 3.8) is 0 Å². The van der Waals surface area contributed by atoms with Crippen LogP contribution in [0.2, 0.25) is 5.15 Å². The molecular formula is C23H29ClN4O3. The summed E-state index contributed by atoms with van der Waals surface area (Å²) in [6, 6.07) is 2.20. The van der Waals surface area contributed by atoms with E-state index in [4.69, 9.17) is 11.6 Å². The molecule has 1 unspecified atom stereocenters. The van der Waals surface area contributed by atoms with Crippen molar-refractivity contribution >= 4 is 29.1 Å². The number of aliphatic hydroxyl groups is 1. The first kappa shape index (κ1) is 20.8. The molecule has 2 amide bonds. The van der Waals surface area contributed by atoms with Crippen molar-refractivity contribution in [3.8, 4) is 0 Å². The first-order valence-corrected chi connectivity index (χ1v) is 11.7. The molecule has 2 aromatic rings. The number of nitrogens with zero attached hydrogens (tertiary/aromatic N) is 4. The van der Waals surface area contributed by atoms with Crippen LogP contribution in [0.5, 0.6) is 0 Å². The Labute approximate surface area is 187 Å². The molecule has 3 aliphatic rings. The minimum atomic E-state index is -0.292. The van der Waals surface area contributed by atoms with E-state index in [2.05, 4.69) is 11.1 Å². The van der Waals surface area contributed by atoms with E-state index in [9.17, 15) is 14.7 Å². The quantitative estimate of drug-likeness (QED) is 0.788. The number of pyridine rings is 1. The van der Waals surface area contributed by atoms with Crippen LogP contribution in [-0.4, -0.2) is 67.4 Å². The molecule has 3 fully saturated rings. The summed E-state index contributed by atoms with van der Waals surface area (Å²) in [5, 5.41) is 10.1. The van der Waals surface area contributed by atoms with Gasteiger partial charge in [0.05, 0.1) is 6.10 Å². The number of piperazine rings is 1. The number of hydrogen-bond donors (Lipinski definition) is 1. The fraction of sp³-hybridized carbons (Fsp3) is 0.609. The van der Waals surface area contributed by atoms with Crippen LogP contribution >= 0.6 is 11.6 Å². The highest BCUT2D eigenvalue weighted by Crippen LogP contribution is 2.41. The van der Waals surface area contributed by atoms with Gasteiger partial charge in [0.15, 0.2) is 5.69 Å². The lowest BCUT2D eigenvalue weighted by Crippen LogP contribution is -2.60. The molecule has 3 heterocycles. The predicted molar refractivity (Wildman–Crippen MR) is 117 cm³/mol. The fourth-order valence-corrected chi connectivity index (χ4v) is 5.50. The van der Waals surface area contributed by atoms with Crippen LogP contribution in [0.25, 0.3) is 5.65 Å². The Morgan fingerprint density at radius 1 is 1.19 bits per heavy atom. The molecule has 2 aromatic heterocycles. The van der Waals surface area contributed by atoms with Crippen LogP contribution in [0, 0.1) is 6.92 Å². The molecule has 1 saturated heterocycles. The predicted octanol–water partition coefficient (Wildman–Crippen LogP) is 3.15. The lowest BCUT2D eigenvalue weighted by Gasteiger charge is -2.45. The maximum atomic E-state index is 13.3. The zero-order chi connectivity index (χ0) is 21.9. The van der Waals surface area contributed by atoms with E-state index in [0.717, 1.165) is 31.2 Å². The second kappa shape index (κ2) is 7.78. The van der Waals surface area contributed by atoms with Crippen LogP contribution in [-0.2, 0) is 4.79 Å². The number of aliphatic hydroxyl groups excluding tert-OH is 1. The minimum absolute atomic E-state index is 0.0404. The van der Waals surface area contributed by atoms with Gasteiger partial charge in [-0.1, -0.05) is 17.7 Å². The summed E-state index contributed by atoms with van der Waals surface area (Å²) < 4.78 is 1.81. The van der Waals surface area contributed by atoms with Gasteiger partial charge in [-0.2, -0.15) is 0 Å². The average Bonchev–Trinajstić information content (AvgIpc) is 3.53. The zero-order valence-electron chi connectivity index (χ0n) is 18.1. The lowest BCUT2D eigenvalue weighted by atomic mass is 9.90. The largest absolute Gasteiger partial charge is 0.393 e. The van der Waals surface area contributed by atoms with Crippen molar-refractivity contribution in [1.29, 1.82) is 0 Å². The van der Waals surface area contributed by atoms with E-state index in [1.807, 2.05) is 29.3 Å². The SMILES string of the molecule is Cc1cc(C2CC2)cn2c(Cl)c(C(=O)N3CC(=O)N(C4CCC(O)CC4)C(C)C3)nc12. The maximum absolute atomic E-state index is 13.3. The summed E-state index contributed by atoms with van der Waals surface area (Å²) in [6.07, 6.45) is 7.19. The highest BCUT2D eigenvalue weighted by Gasteiger charge is 2.39. The first-order valence-electron chi connectivity index (χ1n) is 11.3. The van der Waals surface area contributed by atoms with Gasteiger partial charge in [0, 0.05) is 24.8 Å². The summed E-state index contributed by atoms with van der Waals surface area (Å²) in [4.78, 5) is 34.4. The highest BCUT2D eigenvalue weighted by atomic mass is 35.5. The standard InChI is InChI=1S/C23H29ClN4O3/c1-13-9-16(15-3-4-15)11-27-21(24)20(25-22(13)27)23(31)26-10-14(2)28(19(30)12-26)17-5-7-18(29)8-6-17/h9,11,14-15,17-18,29H,3-8,10,12H2,1-2H3. The van der Waals surface area contributed by atoms with Crippen molar-refractivity contribution in [1.82, 2.24) is 19.2 Å². The van der Waals surface area contributed by atoms with Gasteiger partial charge >= 0.3 is 0 Å². The highest BCUT2D eigenvalue weighted by molar-refractivity contribution is 6.33. The third-order valence-corrected chi connectivity index (χ3v) is 7.40. The Morgan fingerprint density at radius 3 is 2.55 bits per heavy atom. The summed E-state index contributed by atoms with van der Waals surface area (Å²) >= 11 is 6.61. The number of rotatable bonds is 3. The molecule has 2 aliphatic carbocycles. The Bertz CT molecular complexity index is 1040. The Hall–Kier alpha value is -2.12. The second-order valence-electron chi connectivity index (χ2n) is 9.47. The number of aromatic nitrogens is 2. The maximum Gasteiger partial charge on any atom is 0.276 e.